The zero-order valence-corrected chi connectivity index (χ0v) is 13.7. The van der Waals surface area contributed by atoms with Gasteiger partial charge in [0.1, 0.15) is 0 Å². The van der Waals surface area contributed by atoms with Crippen LogP contribution in [0.3, 0.4) is 0 Å². The maximum atomic E-state index is 12.9. The van der Waals surface area contributed by atoms with E-state index in [1.807, 2.05) is 49.4 Å². The molecule has 0 N–H and O–H groups in total. The smallest absolute Gasteiger partial charge is 0.193 e. The number of aryl methyl sites for hydroxylation is 1. The predicted octanol–water partition coefficient (Wildman–Crippen LogP) is 5.80. The molecule has 3 heteroatoms. The van der Waals surface area contributed by atoms with Gasteiger partial charge < -0.3 is 0 Å². The van der Waals surface area contributed by atoms with Crippen molar-refractivity contribution < 1.29 is 4.79 Å². The lowest BCUT2D eigenvalue weighted by molar-refractivity contribution is 0.103. The lowest BCUT2D eigenvalue weighted by atomic mass is 9.95. The van der Waals surface area contributed by atoms with Crippen LogP contribution in [0.4, 0.5) is 0 Å². The summed E-state index contributed by atoms with van der Waals surface area (Å²) < 4.78 is 0.898. The van der Waals surface area contributed by atoms with E-state index >= 15 is 0 Å². The Morgan fingerprint density at radius 1 is 0.952 bits per heavy atom. The molecule has 0 saturated heterocycles. The Morgan fingerprint density at radius 3 is 2.43 bits per heavy atom. The Labute approximate surface area is 136 Å². The second-order valence-electron chi connectivity index (χ2n) is 4.93. The van der Waals surface area contributed by atoms with Crippen molar-refractivity contribution in [1.29, 1.82) is 0 Å². The Morgan fingerprint density at radius 2 is 1.67 bits per heavy atom. The van der Waals surface area contributed by atoms with Crippen LogP contribution in [0.25, 0.3) is 10.8 Å². The highest BCUT2D eigenvalue weighted by atomic mass is 79.9. The van der Waals surface area contributed by atoms with Gasteiger partial charge in [0.15, 0.2) is 5.78 Å². The number of carbonyl (C=O) groups is 1. The highest BCUT2D eigenvalue weighted by molar-refractivity contribution is 9.10. The second kappa shape index (κ2) is 5.63. The fourth-order valence-corrected chi connectivity index (χ4v) is 3.03. The van der Waals surface area contributed by atoms with Crippen LogP contribution in [-0.2, 0) is 0 Å². The van der Waals surface area contributed by atoms with Gasteiger partial charge in [0.25, 0.3) is 0 Å². The van der Waals surface area contributed by atoms with Gasteiger partial charge in [-0.3, -0.25) is 4.79 Å². The first-order valence-electron chi connectivity index (χ1n) is 6.56. The second-order valence-corrected chi connectivity index (χ2v) is 6.25. The number of halogens is 2. The molecule has 0 aliphatic rings. The summed E-state index contributed by atoms with van der Waals surface area (Å²) in [6.07, 6.45) is 0. The van der Waals surface area contributed by atoms with Crippen LogP contribution in [0.2, 0.25) is 5.02 Å². The third-order valence-corrected chi connectivity index (χ3v) is 4.38. The molecule has 3 rings (SSSR count). The third-order valence-electron chi connectivity index (χ3n) is 3.56. The SMILES string of the molecule is Cc1ccc(Br)cc1C(=O)c1ccc(Cl)c2ccccc12. The molecule has 3 aromatic carbocycles. The number of hydrogen-bond donors (Lipinski definition) is 0. The lowest BCUT2D eigenvalue weighted by Gasteiger charge is -2.09. The molecule has 0 amide bonds. The fourth-order valence-electron chi connectivity index (χ4n) is 2.44. The summed E-state index contributed by atoms with van der Waals surface area (Å²) in [4.78, 5) is 12.9. The van der Waals surface area contributed by atoms with Gasteiger partial charge in [-0.05, 0) is 42.1 Å². The Balaban J connectivity index is 2.23. The standard InChI is InChI=1S/C18H12BrClO/c1-11-6-7-12(19)10-16(11)18(21)15-8-9-17(20)14-5-3-2-4-13(14)15/h2-10H,1H3. The van der Waals surface area contributed by atoms with Gasteiger partial charge in [-0.1, -0.05) is 57.9 Å². The van der Waals surface area contributed by atoms with Gasteiger partial charge in [0.05, 0.1) is 0 Å². The molecule has 0 spiro atoms. The zero-order valence-electron chi connectivity index (χ0n) is 11.4. The van der Waals surface area contributed by atoms with Crippen molar-refractivity contribution in [2.24, 2.45) is 0 Å². The van der Waals surface area contributed by atoms with Crippen molar-refractivity contribution in [2.45, 2.75) is 6.92 Å². The molecule has 0 aliphatic heterocycles. The van der Waals surface area contributed by atoms with E-state index in [1.165, 1.54) is 0 Å². The molecule has 0 aliphatic carbocycles. The van der Waals surface area contributed by atoms with Crippen molar-refractivity contribution in [3.05, 3.63) is 80.8 Å². The quantitative estimate of drug-likeness (QED) is 0.529. The minimum atomic E-state index is 0.0154. The first-order chi connectivity index (χ1) is 10.1. The number of rotatable bonds is 2. The van der Waals surface area contributed by atoms with Crippen LogP contribution in [0.15, 0.2) is 59.1 Å². The molecule has 0 fully saturated rings. The summed E-state index contributed by atoms with van der Waals surface area (Å²) >= 11 is 9.64. The van der Waals surface area contributed by atoms with E-state index in [-0.39, 0.29) is 5.78 Å². The molecule has 0 radical (unpaired) electrons. The zero-order chi connectivity index (χ0) is 15.0. The monoisotopic (exact) mass is 358 g/mol. The Hall–Kier alpha value is -1.64. The lowest BCUT2D eigenvalue weighted by Crippen LogP contribution is -2.04. The van der Waals surface area contributed by atoms with E-state index in [0.717, 1.165) is 20.8 Å². The first kappa shape index (κ1) is 14.3. The van der Waals surface area contributed by atoms with E-state index < -0.39 is 0 Å². The molecule has 0 heterocycles. The molecule has 104 valence electrons. The first-order valence-corrected chi connectivity index (χ1v) is 7.73. The molecule has 0 unspecified atom stereocenters. The molecule has 3 aromatic rings. The number of ketones is 1. The predicted molar refractivity (Wildman–Crippen MR) is 91.3 cm³/mol. The number of fused-ring (bicyclic) bond motifs is 1. The summed E-state index contributed by atoms with van der Waals surface area (Å²) in [6, 6.07) is 17.0. The number of benzene rings is 3. The van der Waals surface area contributed by atoms with E-state index in [4.69, 9.17) is 11.6 Å². The molecule has 0 atom stereocenters. The van der Waals surface area contributed by atoms with Crippen LogP contribution < -0.4 is 0 Å². The van der Waals surface area contributed by atoms with Crippen molar-refractivity contribution in [3.8, 4) is 0 Å². The van der Waals surface area contributed by atoms with Gasteiger partial charge in [0, 0.05) is 26.0 Å². The van der Waals surface area contributed by atoms with Crippen molar-refractivity contribution in [2.75, 3.05) is 0 Å². The molecule has 0 bridgehead atoms. The van der Waals surface area contributed by atoms with Gasteiger partial charge in [-0.25, -0.2) is 0 Å². The molecule has 1 nitrogen and oxygen atoms in total. The largest absolute Gasteiger partial charge is 0.289 e. The van der Waals surface area contributed by atoms with Gasteiger partial charge in [0.2, 0.25) is 0 Å². The minimum absolute atomic E-state index is 0.0154. The summed E-state index contributed by atoms with van der Waals surface area (Å²) in [5.74, 6) is 0.0154. The third kappa shape index (κ3) is 2.61. The van der Waals surface area contributed by atoms with Crippen LogP contribution in [0, 0.1) is 6.92 Å². The van der Waals surface area contributed by atoms with E-state index in [1.54, 1.807) is 12.1 Å². The average molecular weight is 360 g/mol. The fraction of sp³-hybridized carbons (Fsp3) is 0.0556. The maximum absolute atomic E-state index is 12.9. The van der Waals surface area contributed by atoms with Crippen molar-refractivity contribution >= 4 is 44.1 Å². The van der Waals surface area contributed by atoms with Crippen LogP contribution in [0.5, 0.6) is 0 Å². The molecule has 21 heavy (non-hydrogen) atoms. The van der Waals surface area contributed by atoms with E-state index in [2.05, 4.69) is 15.9 Å². The van der Waals surface area contributed by atoms with E-state index in [0.29, 0.717) is 16.1 Å². The molecular formula is C18H12BrClO. The highest BCUT2D eigenvalue weighted by Gasteiger charge is 2.16. The summed E-state index contributed by atoms with van der Waals surface area (Å²) in [7, 11) is 0. The van der Waals surface area contributed by atoms with Gasteiger partial charge in [-0.2, -0.15) is 0 Å². The van der Waals surface area contributed by atoms with Crippen molar-refractivity contribution in [1.82, 2.24) is 0 Å². The normalized spacial score (nSPS) is 10.8. The van der Waals surface area contributed by atoms with Crippen LogP contribution in [0.1, 0.15) is 21.5 Å². The van der Waals surface area contributed by atoms with Gasteiger partial charge >= 0.3 is 0 Å². The number of carbonyl (C=O) groups excluding carboxylic acids is 1. The van der Waals surface area contributed by atoms with Crippen LogP contribution in [-0.4, -0.2) is 5.78 Å². The molecular weight excluding hydrogens is 348 g/mol. The topological polar surface area (TPSA) is 17.1 Å². The highest BCUT2D eigenvalue weighted by Crippen LogP contribution is 2.29. The average Bonchev–Trinajstić information content (AvgIpc) is 2.50. The Bertz CT molecular complexity index is 855. The van der Waals surface area contributed by atoms with Crippen molar-refractivity contribution in [3.63, 3.8) is 0 Å². The van der Waals surface area contributed by atoms with E-state index in [9.17, 15) is 4.79 Å². The summed E-state index contributed by atoms with van der Waals surface area (Å²) in [6.45, 7) is 1.94. The summed E-state index contributed by atoms with van der Waals surface area (Å²) in [5, 5.41) is 2.44. The number of hydrogen-bond acceptors (Lipinski definition) is 1. The van der Waals surface area contributed by atoms with Gasteiger partial charge in [-0.15, -0.1) is 0 Å². The summed E-state index contributed by atoms with van der Waals surface area (Å²) in [5.41, 5.74) is 2.34. The molecule has 0 saturated carbocycles. The Kier molecular flexibility index (Phi) is 3.83. The molecule has 0 aromatic heterocycles. The maximum Gasteiger partial charge on any atom is 0.193 e. The minimum Gasteiger partial charge on any atom is -0.289 e. The van der Waals surface area contributed by atoms with Crippen LogP contribution >= 0.6 is 27.5 Å².